The van der Waals surface area contributed by atoms with Crippen molar-refractivity contribution in [2.75, 3.05) is 31.6 Å². The summed E-state index contributed by atoms with van der Waals surface area (Å²) in [6.07, 6.45) is 5.36. The minimum Gasteiger partial charge on any atom is -0.372 e. The van der Waals surface area contributed by atoms with Gasteiger partial charge in [0.1, 0.15) is 0 Å². The van der Waals surface area contributed by atoms with Crippen LogP contribution in [0, 0.1) is 0 Å². The number of nitrogens with zero attached hydrogens (tertiary/aromatic N) is 1. The SMILES string of the molecule is CCCCc1ccc(NC(=O)N2CCC3(CC2)CNC(=O)CCO3)cc1. The van der Waals surface area contributed by atoms with Gasteiger partial charge in [-0.1, -0.05) is 25.5 Å². The molecule has 26 heavy (non-hydrogen) atoms. The monoisotopic (exact) mass is 359 g/mol. The molecule has 1 aromatic carbocycles. The lowest BCUT2D eigenvalue weighted by Gasteiger charge is -2.40. The molecule has 1 aromatic rings. The highest BCUT2D eigenvalue weighted by Crippen LogP contribution is 2.28. The molecule has 6 heteroatoms. The Morgan fingerprint density at radius 2 is 2.00 bits per heavy atom. The van der Waals surface area contributed by atoms with Crippen molar-refractivity contribution in [1.29, 1.82) is 0 Å². The van der Waals surface area contributed by atoms with E-state index in [1.165, 1.54) is 18.4 Å². The molecule has 0 aliphatic carbocycles. The van der Waals surface area contributed by atoms with Gasteiger partial charge in [-0.2, -0.15) is 0 Å². The van der Waals surface area contributed by atoms with Gasteiger partial charge < -0.3 is 20.3 Å². The number of amides is 3. The number of rotatable bonds is 4. The number of piperidine rings is 1. The molecule has 3 amide bonds. The topological polar surface area (TPSA) is 70.7 Å². The lowest BCUT2D eigenvalue weighted by atomic mass is 9.91. The Kier molecular flexibility index (Phi) is 6.14. The first-order valence-electron chi connectivity index (χ1n) is 9.66. The van der Waals surface area contributed by atoms with E-state index in [0.29, 0.717) is 32.7 Å². The summed E-state index contributed by atoms with van der Waals surface area (Å²) in [6.45, 7) is 4.46. The molecule has 0 unspecified atom stereocenters. The zero-order valence-electron chi connectivity index (χ0n) is 15.6. The first-order valence-corrected chi connectivity index (χ1v) is 9.66. The third-order valence-electron chi connectivity index (χ3n) is 5.33. The van der Waals surface area contributed by atoms with Crippen LogP contribution in [0.1, 0.15) is 44.6 Å². The van der Waals surface area contributed by atoms with Crippen LogP contribution >= 0.6 is 0 Å². The molecule has 0 radical (unpaired) electrons. The van der Waals surface area contributed by atoms with Crippen LogP contribution in [0.4, 0.5) is 10.5 Å². The van der Waals surface area contributed by atoms with Crippen molar-refractivity contribution < 1.29 is 14.3 Å². The van der Waals surface area contributed by atoms with Gasteiger partial charge in [-0.15, -0.1) is 0 Å². The van der Waals surface area contributed by atoms with Crippen molar-refractivity contribution in [1.82, 2.24) is 10.2 Å². The summed E-state index contributed by atoms with van der Waals surface area (Å²) in [6, 6.07) is 8.03. The van der Waals surface area contributed by atoms with Crippen LogP contribution in [0.2, 0.25) is 0 Å². The molecule has 3 rings (SSSR count). The van der Waals surface area contributed by atoms with Crippen molar-refractivity contribution in [2.24, 2.45) is 0 Å². The van der Waals surface area contributed by atoms with Crippen molar-refractivity contribution >= 4 is 17.6 Å². The number of anilines is 1. The fourth-order valence-corrected chi connectivity index (χ4v) is 3.54. The number of hydrogen-bond acceptors (Lipinski definition) is 3. The van der Waals surface area contributed by atoms with Gasteiger partial charge in [0, 0.05) is 31.7 Å². The maximum absolute atomic E-state index is 12.5. The van der Waals surface area contributed by atoms with Gasteiger partial charge in [0.25, 0.3) is 0 Å². The van der Waals surface area contributed by atoms with Gasteiger partial charge in [-0.25, -0.2) is 4.79 Å². The second-order valence-corrected chi connectivity index (χ2v) is 7.28. The molecular weight excluding hydrogens is 330 g/mol. The number of aryl methyl sites for hydroxylation is 1. The first kappa shape index (κ1) is 18.7. The predicted molar refractivity (Wildman–Crippen MR) is 101 cm³/mol. The highest BCUT2D eigenvalue weighted by atomic mass is 16.5. The lowest BCUT2D eigenvalue weighted by Crippen LogP contribution is -2.53. The van der Waals surface area contributed by atoms with E-state index in [0.717, 1.165) is 24.9 Å². The van der Waals surface area contributed by atoms with Gasteiger partial charge >= 0.3 is 6.03 Å². The Morgan fingerprint density at radius 1 is 1.27 bits per heavy atom. The smallest absolute Gasteiger partial charge is 0.321 e. The van der Waals surface area contributed by atoms with Crippen LogP contribution in [0.5, 0.6) is 0 Å². The summed E-state index contributed by atoms with van der Waals surface area (Å²) in [4.78, 5) is 25.8. The van der Waals surface area contributed by atoms with Crippen molar-refractivity contribution in [3.8, 4) is 0 Å². The lowest BCUT2D eigenvalue weighted by molar-refractivity contribution is -0.120. The molecule has 2 heterocycles. The highest BCUT2D eigenvalue weighted by molar-refractivity contribution is 5.89. The van der Waals surface area contributed by atoms with E-state index >= 15 is 0 Å². The highest BCUT2D eigenvalue weighted by Gasteiger charge is 2.38. The Balaban J connectivity index is 1.49. The standard InChI is InChI=1S/C20H29N3O3/c1-2-3-4-16-5-7-17(8-6-16)22-19(25)23-12-10-20(11-13-23)15-21-18(24)9-14-26-20/h5-8H,2-4,9-15H2,1H3,(H,21,24)(H,22,25). The van der Waals surface area contributed by atoms with Gasteiger partial charge in [0.2, 0.25) is 5.91 Å². The molecule has 1 spiro atoms. The van der Waals surface area contributed by atoms with Gasteiger partial charge in [0.15, 0.2) is 0 Å². The summed E-state index contributed by atoms with van der Waals surface area (Å²) in [5, 5.41) is 5.91. The minimum atomic E-state index is -0.316. The fourth-order valence-electron chi connectivity index (χ4n) is 3.54. The number of benzene rings is 1. The fraction of sp³-hybridized carbons (Fsp3) is 0.600. The van der Waals surface area contributed by atoms with Crippen molar-refractivity contribution in [2.45, 2.75) is 51.0 Å². The van der Waals surface area contributed by atoms with E-state index in [4.69, 9.17) is 4.74 Å². The molecule has 142 valence electrons. The number of likely N-dealkylation sites (tertiary alicyclic amines) is 1. The maximum Gasteiger partial charge on any atom is 0.321 e. The number of nitrogens with one attached hydrogen (secondary N) is 2. The quantitative estimate of drug-likeness (QED) is 0.868. The van der Waals surface area contributed by atoms with Gasteiger partial charge in [-0.05, 0) is 43.4 Å². The summed E-state index contributed by atoms with van der Waals surface area (Å²) >= 11 is 0. The number of carbonyl (C=O) groups excluding carboxylic acids is 2. The van der Waals surface area contributed by atoms with E-state index in [1.807, 2.05) is 17.0 Å². The average Bonchev–Trinajstić information content (AvgIpc) is 2.83. The van der Waals surface area contributed by atoms with Gasteiger partial charge in [-0.3, -0.25) is 4.79 Å². The first-order chi connectivity index (χ1) is 12.6. The van der Waals surface area contributed by atoms with Crippen LogP contribution in [-0.4, -0.2) is 48.7 Å². The number of ether oxygens (including phenoxy) is 1. The van der Waals surface area contributed by atoms with E-state index in [-0.39, 0.29) is 17.5 Å². The van der Waals surface area contributed by atoms with Crippen LogP contribution in [0.15, 0.2) is 24.3 Å². The van der Waals surface area contributed by atoms with E-state index in [1.54, 1.807) is 0 Å². The maximum atomic E-state index is 12.5. The van der Waals surface area contributed by atoms with Crippen LogP contribution in [0.3, 0.4) is 0 Å². The van der Waals surface area contributed by atoms with E-state index < -0.39 is 0 Å². The Hall–Kier alpha value is -2.08. The predicted octanol–water partition coefficient (Wildman–Crippen LogP) is 2.93. The number of unbranched alkanes of at least 4 members (excludes halogenated alkanes) is 1. The molecule has 2 fully saturated rings. The zero-order chi connectivity index (χ0) is 18.4. The van der Waals surface area contributed by atoms with E-state index in [2.05, 4.69) is 29.7 Å². The summed E-state index contributed by atoms with van der Waals surface area (Å²) in [5.74, 6) is 0.0458. The van der Waals surface area contributed by atoms with Crippen molar-refractivity contribution in [3.63, 3.8) is 0 Å². The average molecular weight is 359 g/mol. The largest absolute Gasteiger partial charge is 0.372 e. The van der Waals surface area contributed by atoms with Crippen LogP contribution < -0.4 is 10.6 Å². The molecule has 0 aromatic heterocycles. The summed E-state index contributed by atoms with van der Waals surface area (Å²) < 4.78 is 5.95. The minimum absolute atomic E-state index is 0.0458. The second kappa shape index (κ2) is 8.54. The molecule has 2 saturated heterocycles. The molecule has 0 saturated carbocycles. The van der Waals surface area contributed by atoms with Gasteiger partial charge in [0.05, 0.1) is 12.2 Å². The van der Waals surface area contributed by atoms with Crippen molar-refractivity contribution in [3.05, 3.63) is 29.8 Å². The Morgan fingerprint density at radius 3 is 2.69 bits per heavy atom. The third kappa shape index (κ3) is 4.75. The van der Waals surface area contributed by atoms with Crippen LogP contribution in [-0.2, 0) is 16.0 Å². The zero-order valence-corrected chi connectivity index (χ0v) is 15.6. The normalized spacial score (nSPS) is 19.7. The molecule has 2 aliphatic heterocycles. The molecule has 0 bridgehead atoms. The molecule has 2 aliphatic rings. The Labute approximate surface area is 155 Å². The Bertz CT molecular complexity index is 622. The number of hydrogen-bond donors (Lipinski definition) is 2. The van der Waals surface area contributed by atoms with E-state index in [9.17, 15) is 9.59 Å². The third-order valence-corrected chi connectivity index (χ3v) is 5.33. The number of carbonyl (C=O) groups is 2. The molecular formula is C20H29N3O3. The summed E-state index contributed by atoms with van der Waals surface area (Å²) in [7, 11) is 0. The van der Waals surface area contributed by atoms with Crippen LogP contribution in [0.25, 0.3) is 0 Å². The molecule has 6 nitrogen and oxygen atoms in total. The molecule has 0 atom stereocenters. The summed E-state index contributed by atoms with van der Waals surface area (Å²) in [5.41, 5.74) is 1.81. The molecule has 2 N–H and O–H groups in total. The second-order valence-electron chi connectivity index (χ2n) is 7.28. The number of urea groups is 1.